The molecule has 5 fully saturated rings. The van der Waals surface area contributed by atoms with Gasteiger partial charge in [-0.3, -0.25) is 9.35 Å². The molecule has 0 aliphatic heterocycles. The molecule has 242 valence electrons. The van der Waals surface area contributed by atoms with E-state index in [0.717, 1.165) is 25.7 Å². The number of carbonyl (C=O) groups is 2. The Balaban J connectivity index is 1.51. The van der Waals surface area contributed by atoms with Gasteiger partial charge in [-0.1, -0.05) is 6.42 Å². The number of esters is 2. The monoisotopic (exact) mass is 640 g/mol. The van der Waals surface area contributed by atoms with Gasteiger partial charge >= 0.3 is 45.2 Å². The minimum Gasteiger partial charge on any atom is -0.457 e. The summed E-state index contributed by atoms with van der Waals surface area (Å²) in [5, 5.41) is -5.84. The van der Waals surface area contributed by atoms with E-state index in [2.05, 4.69) is 0 Å². The summed E-state index contributed by atoms with van der Waals surface area (Å²) in [5.74, 6) is -12.3. The first-order valence-corrected chi connectivity index (χ1v) is 15.6. The largest absolute Gasteiger partial charge is 0.468 e. The molecule has 0 spiro atoms. The number of halogens is 7. The zero-order valence-electron chi connectivity index (χ0n) is 22.8. The average molecular weight is 641 g/mol. The van der Waals surface area contributed by atoms with Crippen LogP contribution in [-0.4, -0.2) is 60.8 Å². The van der Waals surface area contributed by atoms with Crippen molar-refractivity contribution in [3.05, 3.63) is 0 Å². The van der Waals surface area contributed by atoms with Gasteiger partial charge in [0.1, 0.15) is 6.10 Å². The number of hydrogen-bond donors (Lipinski definition) is 1. The van der Waals surface area contributed by atoms with Crippen LogP contribution < -0.4 is 0 Å². The fraction of sp³-hybridized carbons (Fsp3) is 0.923. The molecule has 5 aliphatic rings. The summed E-state index contributed by atoms with van der Waals surface area (Å²) in [6.07, 6.45) is -4.15. The quantitative estimate of drug-likeness (QED) is 0.0884. The van der Waals surface area contributed by atoms with Crippen molar-refractivity contribution >= 4 is 22.1 Å². The molecule has 0 aromatic heterocycles. The summed E-state index contributed by atoms with van der Waals surface area (Å²) in [6.45, 7) is -1.15. The summed E-state index contributed by atoms with van der Waals surface area (Å²) in [7, 11) is -6.49. The third-order valence-electron chi connectivity index (χ3n) is 9.12. The molecule has 16 heteroatoms. The second-order valence-corrected chi connectivity index (χ2v) is 13.8. The maximum Gasteiger partial charge on any atom is 0.468 e. The van der Waals surface area contributed by atoms with Crippen molar-refractivity contribution in [2.24, 2.45) is 23.2 Å². The molecule has 42 heavy (non-hydrogen) atoms. The fourth-order valence-electron chi connectivity index (χ4n) is 7.40. The predicted molar refractivity (Wildman–Crippen MR) is 130 cm³/mol. The van der Waals surface area contributed by atoms with Gasteiger partial charge in [0.2, 0.25) is 0 Å². The Bertz CT molecular complexity index is 1080. The van der Waals surface area contributed by atoms with Crippen LogP contribution in [0.4, 0.5) is 30.7 Å². The molecule has 0 radical (unpaired) electrons. The highest BCUT2D eigenvalue weighted by Crippen LogP contribution is 2.61. The van der Waals surface area contributed by atoms with E-state index in [1.807, 2.05) is 0 Å². The van der Waals surface area contributed by atoms with Crippen LogP contribution in [0.5, 0.6) is 0 Å². The Hall–Kier alpha value is -1.68. The van der Waals surface area contributed by atoms with Crippen LogP contribution in [0.3, 0.4) is 0 Å². The van der Waals surface area contributed by atoms with E-state index in [-0.39, 0.29) is 30.6 Å². The second-order valence-electron chi connectivity index (χ2n) is 12.4. The number of alkyl halides is 7. The number of carbonyl (C=O) groups excluding carboxylic acids is 2. The molecule has 0 heterocycles. The number of hydrogen-bond acceptors (Lipinski definition) is 7. The molecule has 1 atom stereocenters. The molecule has 0 aromatic carbocycles. The Morgan fingerprint density at radius 1 is 0.833 bits per heavy atom. The van der Waals surface area contributed by atoms with Crippen LogP contribution in [0, 0.1) is 23.2 Å². The Morgan fingerprint density at radius 3 is 1.83 bits per heavy atom. The Kier molecular flexibility index (Phi) is 9.23. The third kappa shape index (κ3) is 6.40. The summed E-state index contributed by atoms with van der Waals surface area (Å²) >= 11 is 0. The predicted octanol–water partition coefficient (Wildman–Crippen LogP) is 6.18. The van der Waals surface area contributed by atoms with Gasteiger partial charge in [0.15, 0.2) is 0 Å². The molecule has 8 nitrogen and oxygen atoms in total. The van der Waals surface area contributed by atoms with E-state index in [4.69, 9.17) is 18.8 Å². The van der Waals surface area contributed by atoms with Crippen molar-refractivity contribution in [2.45, 2.75) is 119 Å². The SMILES string of the molecule is O=C(OC(OCCCCC(F)(F)C(F)(F)S(=O)(=O)O)(C(=O)OC1CCCCC1)C(F)(F)F)C12CC3CC(CC(C3)C1)C2. The summed E-state index contributed by atoms with van der Waals surface area (Å²) in [5.41, 5.74) is -1.23. The normalized spacial score (nSPS) is 30.1. The van der Waals surface area contributed by atoms with E-state index in [0.29, 0.717) is 32.1 Å². The highest BCUT2D eigenvalue weighted by atomic mass is 32.2. The van der Waals surface area contributed by atoms with Gasteiger partial charge in [0, 0.05) is 6.42 Å². The lowest BCUT2D eigenvalue weighted by Crippen LogP contribution is -2.61. The van der Waals surface area contributed by atoms with Gasteiger partial charge in [-0.05, 0) is 94.8 Å². The summed E-state index contributed by atoms with van der Waals surface area (Å²) in [4.78, 5) is 26.7. The van der Waals surface area contributed by atoms with Gasteiger partial charge in [-0.15, -0.1) is 0 Å². The van der Waals surface area contributed by atoms with Crippen LogP contribution >= 0.6 is 0 Å². The maximum atomic E-state index is 14.7. The van der Waals surface area contributed by atoms with Crippen LogP contribution in [-0.2, 0) is 33.9 Å². The van der Waals surface area contributed by atoms with E-state index in [1.54, 1.807) is 0 Å². The van der Waals surface area contributed by atoms with Crippen molar-refractivity contribution in [3.63, 3.8) is 0 Å². The fourth-order valence-corrected chi connectivity index (χ4v) is 7.88. The zero-order valence-corrected chi connectivity index (χ0v) is 23.6. The summed E-state index contributed by atoms with van der Waals surface area (Å²) in [6, 6.07) is 0. The van der Waals surface area contributed by atoms with E-state index in [9.17, 15) is 48.7 Å². The first kappa shape index (κ1) is 33.2. The van der Waals surface area contributed by atoms with E-state index < -0.39 is 82.6 Å². The average Bonchev–Trinajstić information content (AvgIpc) is 2.86. The molecule has 5 aliphatic carbocycles. The second kappa shape index (κ2) is 11.7. The van der Waals surface area contributed by atoms with Gasteiger partial charge in [-0.25, -0.2) is 4.79 Å². The topological polar surface area (TPSA) is 116 Å². The van der Waals surface area contributed by atoms with Crippen molar-refractivity contribution in [1.82, 2.24) is 0 Å². The zero-order chi connectivity index (χ0) is 31.2. The number of ether oxygens (including phenoxy) is 3. The first-order chi connectivity index (χ1) is 19.3. The molecular formula is C26H35F7O8S. The minimum atomic E-state index is -6.49. The Morgan fingerprint density at radius 2 is 1.36 bits per heavy atom. The van der Waals surface area contributed by atoms with Gasteiger partial charge in [-0.2, -0.15) is 39.2 Å². The highest BCUT2D eigenvalue weighted by Gasteiger charge is 2.70. The van der Waals surface area contributed by atoms with Crippen molar-refractivity contribution < 1.29 is 67.5 Å². The maximum absolute atomic E-state index is 14.7. The smallest absolute Gasteiger partial charge is 0.457 e. The standard InChI is InChI=1S/C26H35F7O8S/c27-23(28,26(32,33)42(36,37)38)8-4-5-9-39-24(25(29,30)31,21(35)40-19-6-2-1-3-7-19)41-20(34)22-13-16-10-17(14-22)12-18(11-16)15-22/h16-19H,1-15H2,(H,36,37,38). The molecule has 4 bridgehead atoms. The van der Waals surface area contributed by atoms with E-state index >= 15 is 0 Å². The number of unbranched alkanes of at least 4 members (excludes halogenated alkanes) is 1. The number of rotatable bonds is 12. The van der Waals surface area contributed by atoms with Crippen molar-refractivity contribution in [2.75, 3.05) is 6.61 Å². The molecule has 5 rings (SSSR count). The molecular weight excluding hydrogens is 605 g/mol. The van der Waals surface area contributed by atoms with E-state index in [1.165, 1.54) is 0 Å². The van der Waals surface area contributed by atoms with Gasteiger partial charge in [0.05, 0.1) is 12.0 Å². The van der Waals surface area contributed by atoms with Crippen molar-refractivity contribution in [1.29, 1.82) is 0 Å². The lowest BCUT2D eigenvalue weighted by Gasteiger charge is -2.55. The van der Waals surface area contributed by atoms with Crippen LogP contribution in [0.1, 0.15) is 89.9 Å². The first-order valence-electron chi connectivity index (χ1n) is 14.2. The summed E-state index contributed by atoms with van der Waals surface area (Å²) < 4.78 is 143. The third-order valence-corrected chi connectivity index (χ3v) is 10.1. The highest BCUT2D eigenvalue weighted by molar-refractivity contribution is 7.87. The molecule has 0 aromatic rings. The van der Waals surface area contributed by atoms with Gasteiger partial charge in [0.25, 0.3) is 0 Å². The molecule has 5 saturated carbocycles. The Labute approximate surface area is 238 Å². The van der Waals surface area contributed by atoms with Crippen LogP contribution in [0.2, 0.25) is 0 Å². The molecule has 1 N–H and O–H groups in total. The molecule has 0 amide bonds. The lowest BCUT2D eigenvalue weighted by molar-refractivity contribution is -0.360. The molecule has 0 saturated heterocycles. The van der Waals surface area contributed by atoms with Crippen molar-refractivity contribution in [3.8, 4) is 0 Å². The minimum absolute atomic E-state index is 0.140. The van der Waals surface area contributed by atoms with Gasteiger partial charge < -0.3 is 14.2 Å². The lowest BCUT2D eigenvalue weighted by atomic mass is 9.49. The van der Waals surface area contributed by atoms with Crippen LogP contribution in [0.25, 0.3) is 0 Å². The molecule has 1 unspecified atom stereocenters. The van der Waals surface area contributed by atoms with Crippen LogP contribution in [0.15, 0.2) is 0 Å².